The summed E-state index contributed by atoms with van der Waals surface area (Å²) in [4.78, 5) is 14.0. The zero-order chi connectivity index (χ0) is 16.8. The van der Waals surface area contributed by atoms with Crippen LogP contribution in [0.1, 0.15) is 5.56 Å². The second-order valence-electron chi connectivity index (χ2n) is 5.52. The van der Waals surface area contributed by atoms with E-state index >= 15 is 0 Å². The van der Waals surface area contributed by atoms with Gasteiger partial charge in [0.25, 0.3) is 0 Å². The first-order valence-electron chi connectivity index (χ1n) is 6.75. The molecule has 3 aromatic rings. The number of nitrogens with zero attached hydrogens (tertiary/aromatic N) is 5. The average molecular weight is 344 g/mol. The molecule has 5 nitrogen and oxygen atoms in total. The quantitative estimate of drug-likeness (QED) is 0.685. The summed E-state index contributed by atoms with van der Waals surface area (Å²) in [6, 6.07) is 1.79. The molecule has 3 aromatic heterocycles. The highest BCUT2D eigenvalue weighted by Gasteiger charge is 2.31. The van der Waals surface area contributed by atoms with Crippen molar-refractivity contribution in [3.63, 3.8) is 0 Å². The van der Waals surface area contributed by atoms with E-state index in [-0.39, 0.29) is 16.3 Å². The highest BCUT2D eigenvalue weighted by molar-refractivity contribution is 6.34. The summed E-state index contributed by atoms with van der Waals surface area (Å²) < 4.78 is 39.8. The Morgan fingerprint density at radius 3 is 2.61 bits per heavy atom. The number of fused-ring (bicyclic) bond motifs is 3. The molecule has 0 bridgehead atoms. The van der Waals surface area contributed by atoms with Gasteiger partial charge in [0.1, 0.15) is 29.6 Å². The van der Waals surface area contributed by atoms with Crippen LogP contribution >= 0.6 is 11.6 Å². The van der Waals surface area contributed by atoms with Crippen LogP contribution in [-0.4, -0.2) is 44.7 Å². The fourth-order valence-corrected chi connectivity index (χ4v) is 2.81. The number of hydrogen-bond donors (Lipinski definition) is 0. The van der Waals surface area contributed by atoms with Crippen LogP contribution in [-0.2, 0) is 13.1 Å². The predicted octanol–water partition coefficient (Wildman–Crippen LogP) is 3.26. The molecule has 0 spiro atoms. The van der Waals surface area contributed by atoms with Crippen molar-refractivity contribution < 1.29 is 13.2 Å². The standard InChI is InChI=1S/C14H13ClF3N5/c1-22(2)5-8-3-9-10-11(12(15)21-7-20-10)23(6-14(16,17)18)13(9)19-4-8/h3-4,7H,5-6H2,1-2H3. The van der Waals surface area contributed by atoms with E-state index in [1.54, 1.807) is 12.3 Å². The molecule has 23 heavy (non-hydrogen) atoms. The van der Waals surface area contributed by atoms with Crippen molar-refractivity contribution in [3.05, 3.63) is 29.3 Å². The van der Waals surface area contributed by atoms with Crippen molar-refractivity contribution in [3.8, 4) is 0 Å². The highest BCUT2D eigenvalue weighted by Crippen LogP contribution is 2.32. The van der Waals surface area contributed by atoms with E-state index < -0.39 is 12.7 Å². The van der Waals surface area contributed by atoms with E-state index in [1.807, 2.05) is 19.0 Å². The molecule has 0 aromatic carbocycles. The van der Waals surface area contributed by atoms with Crippen LogP contribution in [0.2, 0.25) is 5.15 Å². The van der Waals surface area contributed by atoms with E-state index in [9.17, 15) is 13.2 Å². The molecule has 0 N–H and O–H groups in total. The second kappa shape index (κ2) is 5.61. The van der Waals surface area contributed by atoms with Gasteiger partial charge in [-0.15, -0.1) is 0 Å². The first-order valence-corrected chi connectivity index (χ1v) is 7.13. The summed E-state index contributed by atoms with van der Waals surface area (Å²) in [5.41, 5.74) is 1.60. The fraction of sp³-hybridized carbons (Fsp3) is 0.357. The first kappa shape index (κ1) is 15.9. The molecule has 0 atom stereocenters. The normalized spacial score (nSPS) is 12.7. The lowest BCUT2D eigenvalue weighted by molar-refractivity contribution is -0.139. The van der Waals surface area contributed by atoms with Crippen molar-refractivity contribution in [2.45, 2.75) is 19.3 Å². The van der Waals surface area contributed by atoms with Gasteiger partial charge in [-0.1, -0.05) is 11.6 Å². The third-order valence-corrected chi connectivity index (χ3v) is 3.59. The van der Waals surface area contributed by atoms with Crippen molar-refractivity contribution in [1.29, 1.82) is 0 Å². The van der Waals surface area contributed by atoms with Gasteiger partial charge < -0.3 is 9.47 Å². The van der Waals surface area contributed by atoms with E-state index in [0.717, 1.165) is 10.1 Å². The largest absolute Gasteiger partial charge is 0.406 e. The number of alkyl halides is 3. The number of halogens is 4. The van der Waals surface area contributed by atoms with Gasteiger partial charge in [-0.25, -0.2) is 15.0 Å². The molecule has 3 rings (SSSR count). The van der Waals surface area contributed by atoms with Gasteiger partial charge in [-0.3, -0.25) is 0 Å². The molecular formula is C14H13ClF3N5. The van der Waals surface area contributed by atoms with Crippen LogP contribution in [0.3, 0.4) is 0 Å². The monoisotopic (exact) mass is 343 g/mol. The minimum atomic E-state index is -4.40. The molecule has 3 heterocycles. The maximum absolute atomic E-state index is 12.9. The Balaban J connectivity index is 2.30. The SMILES string of the molecule is CN(C)Cc1cnc2c(c1)c1ncnc(Cl)c1n2CC(F)(F)F. The first-order chi connectivity index (χ1) is 10.8. The molecule has 0 aliphatic carbocycles. The smallest absolute Gasteiger partial charge is 0.312 e. The summed E-state index contributed by atoms with van der Waals surface area (Å²) in [5.74, 6) is 0. The van der Waals surface area contributed by atoms with Crippen molar-refractivity contribution >= 4 is 33.7 Å². The van der Waals surface area contributed by atoms with Crippen LogP contribution in [0.5, 0.6) is 0 Å². The summed E-state index contributed by atoms with van der Waals surface area (Å²) in [5, 5.41) is 0.513. The molecule has 9 heteroatoms. The Morgan fingerprint density at radius 1 is 1.22 bits per heavy atom. The Morgan fingerprint density at radius 2 is 1.96 bits per heavy atom. The van der Waals surface area contributed by atoms with Crippen LogP contribution in [0.15, 0.2) is 18.6 Å². The number of hydrogen-bond acceptors (Lipinski definition) is 4. The lowest BCUT2D eigenvalue weighted by Crippen LogP contribution is -2.18. The third-order valence-electron chi connectivity index (χ3n) is 3.32. The van der Waals surface area contributed by atoms with E-state index in [1.165, 1.54) is 6.33 Å². The van der Waals surface area contributed by atoms with Gasteiger partial charge in [0.05, 0.1) is 0 Å². The van der Waals surface area contributed by atoms with Gasteiger partial charge in [0, 0.05) is 18.1 Å². The maximum atomic E-state index is 12.9. The van der Waals surface area contributed by atoms with Gasteiger partial charge in [-0.05, 0) is 25.7 Å². The van der Waals surface area contributed by atoms with Crippen LogP contribution in [0.4, 0.5) is 13.2 Å². The summed E-state index contributed by atoms with van der Waals surface area (Å²) in [7, 11) is 3.80. The molecule has 0 amide bonds. The van der Waals surface area contributed by atoms with Gasteiger partial charge in [-0.2, -0.15) is 13.2 Å². The van der Waals surface area contributed by atoms with Gasteiger partial charge in [0.2, 0.25) is 0 Å². The molecule has 0 fully saturated rings. The predicted molar refractivity (Wildman–Crippen MR) is 81.3 cm³/mol. The zero-order valence-electron chi connectivity index (χ0n) is 12.4. The fourth-order valence-electron chi connectivity index (χ4n) is 2.57. The summed E-state index contributed by atoms with van der Waals surface area (Å²) in [6.07, 6.45) is -1.60. The van der Waals surface area contributed by atoms with Crippen LogP contribution in [0.25, 0.3) is 22.1 Å². The Kier molecular flexibility index (Phi) is 3.89. The summed E-state index contributed by atoms with van der Waals surface area (Å²) >= 11 is 6.01. The van der Waals surface area contributed by atoms with Crippen LogP contribution in [0, 0.1) is 0 Å². The Hall–Kier alpha value is -1.93. The minimum Gasteiger partial charge on any atom is -0.312 e. The Labute approximate surface area is 134 Å². The van der Waals surface area contributed by atoms with Crippen molar-refractivity contribution in [2.24, 2.45) is 0 Å². The van der Waals surface area contributed by atoms with Gasteiger partial charge >= 0.3 is 6.18 Å². The second-order valence-corrected chi connectivity index (χ2v) is 5.87. The number of aromatic nitrogens is 4. The summed E-state index contributed by atoms with van der Waals surface area (Å²) in [6.45, 7) is -0.576. The van der Waals surface area contributed by atoms with E-state index in [2.05, 4.69) is 15.0 Å². The van der Waals surface area contributed by atoms with E-state index in [4.69, 9.17) is 11.6 Å². The van der Waals surface area contributed by atoms with Gasteiger partial charge in [0.15, 0.2) is 5.15 Å². The lowest BCUT2D eigenvalue weighted by Gasteiger charge is -2.11. The molecule has 122 valence electrons. The Bertz CT molecular complexity index is 872. The molecule has 0 saturated heterocycles. The van der Waals surface area contributed by atoms with Crippen molar-refractivity contribution in [1.82, 2.24) is 24.4 Å². The topological polar surface area (TPSA) is 46.8 Å². The molecule has 0 radical (unpaired) electrons. The lowest BCUT2D eigenvalue weighted by atomic mass is 10.2. The minimum absolute atomic E-state index is 0.0218. The zero-order valence-corrected chi connectivity index (χ0v) is 13.2. The molecular weight excluding hydrogens is 331 g/mol. The molecule has 0 saturated carbocycles. The number of pyridine rings is 1. The maximum Gasteiger partial charge on any atom is 0.406 e. The third kappa shape index (κ3) is 3.09. The molecule has 0 aliphatic heterocycles. The molecule has 0 unspecified atom stereocenters. The van der Waals surface area contributed by atoms with E-state index in [0.29, 0.717) is 17.4 Å². The highest BCUT2D eigenvalue weighted by atomic mass is 35.5. The van der Waals surface area contributed by atoms with Crippen molar-refractivity contribution in [2.75, 3.05) is 14.1 Å². The number of rotatable bonds is 3. The molecule has 0 aliphatic rings. The van der Waals surface area contributed by atoms with Crippen LogP contribution < -0.4 is 0 Å². The average Bonchev–Trinajstić information content (AvgIpc) is 2.72.